The van der Waals surface area contributed by atoms with Crippen molar-refractivity contribution >= 4 is 5.69 Å². The summed E-state index contributed by atoms with van der Waals surface area (Å²) < 4.78 is 0. The number of hydrogen-bond acceptors (Lipinski definition) is 1. The minimum atomic E-state index is 0.861. The summed E-state index contributed by atoms with van der Waals surface area (Å²) in [6.45, 7) is 7.03. The van der Waals surface area contributed by atoms with Gasteiger partial charge in [0.05, 0.1) is 0 Å². The van der Waals surface area contributed by atoms with Gasteiger partial charge in [-0.3, -0.25) is 0 Å². The van der Waals surface area contributed by atoms with Crippen LogP contribution in [0.3, 0.4) is 0 Å². The van der Waals surface area contributed by atoms with E-state index in [1.165, 1.54) is 43.6 Å². The average molecular weight is 203 g/mol. The zero-order valence-electron chi connectivity index (χ0n) is 9.87. The van der Waals surface area contributed by atoms with Gasteiger partial charge in [-0.1, -0.05) is 32.4 Å². The highest BCUT2D eigenvalue weighted by Gasteiger charge is 2.18. The van der Waals surface area contributed by atoms with Gasteiger partial charge in [-0.15, -0.1) is 0 Å². The van der Waals surface area contributed by atoms with Gasteiger partial charge < -0.3 is 4.90 Å². The fourth-order valence-corrected chi connectivity index (χ4v) is 2.33. The van der Waals surface area contributed by atoms with Crippen LogP contribution in [0.4, 0.5) is 5.69 Å². The van der Waals surface area contributed by atoms with Crippen LogP contribution in [-0.2, 0) is 6.42 Å². The summed E-state index contributed by atoms with van der Waals surface area (Å²) in [5.74, 6) is 0.861. The number of hydrogen-bond donors (Lipinski definition) is 0. The van der Waals surface area contributed by atoms with Gasteiger partial charge in [-0.05, 0) is 36.5 Å². The van der Waals surface area contributed by atoms with Crippen molar-refractivity contribution < 1.29 is 0 Å². The van der Waals surface area contributed by atoms with Crippen LogP contribution < -0.4 is 4.90 Å². The molecule has 1 fully saturated rings. The summed E-state index contributed by atoms with van der Waals surface area (Å²) in [6, 6.07) is 9.12. The van der Waals surface area contributed by atoms with Crippen molar-refractivity contribution in [2.24, 2.45) is 5.92 Å². The first-order valence-corrected chi connectivity index (χ1v) is 6.13. The third kappa shape index (κ3) is 2.53. The van der Waals surface area contributed by atoms with Crippen molar-refractivity contribution in [2.75, 3.05) is 18.0 Å². The van der Waals surface area contributed by atoms with E-state index in [0.717, 1.165) is 5.92 Å². The molecule has 2 rings (SSSR count). The third-order valence-electron chi connectivity index (χ3n) is 3.26. The summed E-state index contributed by atoms with van der Waals surface area (Å²) in [5.41, 5.74) is 2.87. The molecule has 0 N–H and O–H groups in total. The number of aryl methyl sites for hydroxylation is 1. The fraction of sp³-hybridized carbons (Fsp3) is 0.571. The molecule has 1 saturated heterocycles. The Morgan fingerprint density at radius 2 is 2.00 bits per heavy atom. The van der Waals surface area contributed by atoms with Crippen molar-refractivity contribution in [1.82, 2.24) is 0 Å². The van der Waals surface area contributed by atoms with Crippen LogP contribution >= 0.6 is 0 Å². The molecule has 1 nitrogen and oxygen atoms in total. The maximum Gasteiger partial charge on any atom is 0.0366 e. The van der Waals surface area contributed by atoms with E-state index in [1.807, 2.05) is 0 Å². The van der Waals surface area contributed by atoms with Crippen LogP contribution in [0.5, 0.6) is 0 Å². The lowest BCUT2D eigenvalue weighted by molar-refractivity contribution is 0.659. The van der Waals surface area contributed by atoms with Gasteiger partial charge in [-0.25, -0.2) is 0 Å². The molecule has 0 amide bonds. The molecular formula is C14H21N. The first-order chi connectivity index (χ1) is 7.29. The third-order valence-corrected chi connectivity index (χ3v) is 3.26. The topological polar surface area (TPSA) is 3.24 Å². The largest absolute Gasteiger partial charge is 0.371 e. The molecule has 0 aromatic heterocycles. The molecule has 1 aliphatic rings. The van der Waals surface area contributed by atoms with Gasteiger partial charge in [0, 0.05) is 18.8 Å². The van der Waals surface area contributed by atoms with Crippen molar-refractivity contribution in [3.8, 4) is 0 Å². The Morgan fingerprint density at radius 3 is 2.53 bits per heavy atom. The molecule has 0 spiro atoms. The number of anilines is 1. The molecule has 82 valence electrons. The van der Waals surface area contributed by atoms with Crippen LogP contribution in [0.2, 0.25) is 0 Å². The van der Waals surface area contributed by atoms with E-state index in [1.54, 1.807) is 0 Å². The lowest BCUT2D eigenvalue weighted by Gasteiger charge is -2.18. The Balaban J connectivity index is 2.03. The molecule has 0 unspecified atom stereocenters. The first kappa shape index (κ1) is 10.5. The van der Waals surface area contributed by atoms with Crippen molar-refractivity contribution in [3.63, 3.8) is 0 Å². The van der Waals surface area contributed by atoms with Gasteiger partial charge >= 0.3 is 0 Å². The Morgan fingerprint density at radius 1 is 1.27 bits per heavy atom. The zero-order valence-corrected chi connectivity index (χ0v) is 9.87. The molecule has 1 aromatic rings. The first-order valence-electron chi connectivity index (χ1n) is 6.13. The van der Waals surface area contributed by atoms with Crippen molar-refractivity contribution in [3.05, 3.63) is 29.8 Å². The molecule has 0 bridgehead atoms. The fourth-order valence-electron chi connectivity index (χ4n) is 2.33. The molecule has 0 aliphatic carbocycles. The minimum absolute atomic E-state index is 0.861. The van der Waals surface area contributed by atoms with E-state index in [-0.39, 0.29) is 0 Å². The normalized spacial score (nSPS) is 20.9. The van der Waals surface area contributed by atoms with E-state index >= 15 is 0 Å². The van der Waals surface area contributed by atoms with Gasteiger partial charge in [-0.2, -0.15) is 0 Å². The molecule has 0 radical (unpaired) electrons. The molecule has 1 heterocycles. The van der Waals surface area contributed by atoms with E-state index < -0.39 is 0 Å². The van der Waals surface area contributed by atoms with Gasteiger partial charge in [0.25, 0.3) is 0 Å². The number of benzene rings is 1. The van der Waals surface area contributed by atoms with E-state index in [9.17, 15) is 0 Å². The predicted octanol–water partition coefficient (Wildman–Crippen LogP) is 3.49. The molecule has 15 heavy (non-hydrogen) atoms. The summed E-state index contributed by atoms with van der Waals surface area (Å²) in [4.78, 5) is 2.50. The highest BCUT2D eigenvalue weighted by molar-refractivity contribution is 5.48. The maximum atomic E-state index is 2.50. The second-order valence-electron chi connectivity index (χ2n) is 4.76. The lowest BCUT2D eigenvalue weighted by Crippen LogP contribution is -2.18. The van der Waals surface area contributed by atoms with E-state index in [2.05, 4.69) is 43.0 Å². The summed E-state index contributed by atoms with van der Waals surface area (Å²) >= 11 is 0. The van der Waals surface area contributed by atoms with E-state index in [0.29, 0.717) is 0 Å². The van der Waals surface area contributed by atoms with Crippen LogP contribution in [0.1, 0.15) is 32.3 Å². The van der Waals surface area contributed by atoms with Crippen LogP contribution in [0.25, 0.3) is 0 Å². The van der Waals surface area contributed by atoms with Gasteiger partial charge in [0.2, 0.25) is 0 Å². The van der Waals surface area contributed by atoms with Gasteiger partial charge in [0.15, 0.2) is 0 Å². The quantitative estimate of drug-likeness (QED) is 0.727. The highest BCUT2D eigenvalue weighted by Crippen LogP contribution is 2.23. The molecule has 0 saturated carbocycles. The minimum Gasteiger partial charge on any atom is -0.371 e. The second-order valence-corrected chi connectivity index (χ2v) is 4.76. The van der Waals surface area contributed by atoms with E-state index in [4.69, 9.17) is 0 Å². The molecular weight excluding hydrogens is 182 g/mol. The molecule has 1 aliphatic heterocycles. The number of rotatable bonds is 3. The Labute approximate surface area is 93.1 Å². The van der Waals surface area contributed by atoms with Crippen molar-refractivity contribution in [2.45, 2.75) is 33.1 Å². The lowest BCUT2D eigenvalue weighted by atomic mass is 10.1. The smallest absolute Gasteiger partial charge is 0.0366 e. The molecule has 1 heteroatoms. The zero-order chi connectivity index (χ0) is 10.7. The Bertz CT molecular complexity index is 302. The number of nitrogens with zero attached hydrogens (tertiary/aromatic N) is 1. The summed E-state index contributed by atoms with van der Waals surface area (Å²) in [5, 5.41) is 0. The van der Waals surface area contributed by atoms with Crippen molar-refractivity contribution in [1.29, 1.82) is 0 Å². The predicted molar refractivity (Wildman–Crippen MR) is 66.4 cm³/mol. The van der Waals surface area contributed by atoms with Gasteiger partial charge in [0.1, 0.15) is 0 Å². The summed E-state index contributed by atoms with van der Waals surface area (Å²) in [7, 11) is 0. The Kier molecular flexibility index (Phi) is 3.30. The molecule has 1 aromatic carbocycles. The molecule has 1 atom stereocenters. The van der Waals surface area contributed by atoms with Crippen LogP contribution in [0, 0.1) is 5.92 Å². The second kappa shape index (κ2) is 4.69. The SMILES string of the molecule is CCCc1ccc(N2CC[C@@H](C)C2)cc1. The van der Waals surface area contributed by atoms with Crippen LogP contribution in [0.15, 0.2) is 24.3 Å². The standard InChI is InChI=1S/C14H21N/c1-3-4-13-5-7-14(8-6-13)15-10-9-12(2)11-15/h5-8,12H,3-4,9-11H2,1-2H3/t12-/m1/s1. The Hall–Kier alpha value is -0.980. The maximum absolute atomic E-state index is 2.50. The highest BCUT2D eigenvalue weighted by atomic mass is 15.1. The monoisotopic (exact) mass is 203 g/mol. The average Bonchev–Trinajstić information content (AvgIpc) is 2.67. The van der Waals surface area contributed by atoms with Crippen LogP contribution in [-0.4, -0.2) is 13.1 Å². The summed E-state index contributed by atoms with van der Waals surface area (Å²) in [6.07, 6.45) is 3.79.